The third-order valence-corrected chi connectivity index (χ3v) is 4.45. The Bertz CT molecular complexity index is 840. The minimum Gasteiger partial charge on any atom is -0.472 e. The van der Waals surface area contributed by atoms with Gasteiger partial charge in [0, 0.05) is 17.2 Å². The van der Waals surface area contributed by atoms with Gasteiger partial charge < -0.3 is 14.5 Å². The first-order valence-corrected chi connectivity index (χ1v) is 8.39. The Morgan fingerprint density at radius 3 is 2.28 bits per heavy atom. The minimum absolute atomic E-state index is 0.00673. The van der Waals surface area contributed by atoms with Crippen molar-refractivity contribution in [3.63, 3.8) is 0 Å². The summed E-state index contributed by atoms with van der Waals surface area (Å²) >= 11 is 0. The molecule has 1 atom stereocenters. The molecule has 1 aliphatic heterocycles. The number of fused-ring (bicyclic) bond motifs is 2. The molecule has 0 bridgehead atoms. The van der Waals surface area contributed by atoms with Crippen LogP contribution in [-0.2, 0) is 11.2 Å². The molecule has 0 radical (unpaired) electrons. The van der Waals surface area contributed by atoms with Gasteiger partial charge in [0.2, 0.25) is 5.91 Å². The average molecular weight is 333 g/mol. The van der Waals surface area contributed by atoms with E-state index in [2.05, 4.69) is 5.32 Å². The lowest BCUT2D eigenvalue weighted by Crippen LogP contribution is -2.38. The standard InChI is InChI=1S/C21H19NO3/c1-14(12-15-10-11-24-13-15)22-21(23)20-16-6-2-4-8-18(16)25-19-9-5-3-7-17(19)20/h2-11,13-14,20H,12H2,1H3,(H,22,23)/t14-/m1/s1. The molecule has 0 spiro atoms. The summed E-state index contributed by atoms with van der Waals surface area (Å²) in [5.41, 5.74) is 2.86. The second kappa shape index (κ2) is 6.48. The Kier molecular flexibility index (Phi) is 4.02. The molecule has 1 aromatic heterocycles. The quantitative estimate of drug-likeness (QED) is 0.776. The van der Waals surface area contributed by atoms with Gasteiger partial charge in [-0.15, -0.1) is 0 Å². The van der Waals surface area contributed by atoms with Crippen molar-refractivity contribution in [2.75, 3.05) is 0 Å². The number of carbonyl (C=O) groups is 1. The molecule has 0 unspecified atom stereocenters. The predicted molar refractivity (Wildman–Crippen MR) is 94.8 cm³/mol. The Balaban J connectivity index is 1.61. The summed E-state index contributed by atoms with van der Waals surface area (Å²) in [5.74, 6) is 1.10. The third-order valence-electron chi connectivity index (χ3n) is 4.45. The molecule has 1 aliphatic rings. The molecule has 25 heavy (non-hydrogen) atoms. The number of hydrogen-bond donors (Lipinski definition) is 1. The molecular weight excluding hydrogens is 314 g/mol. The van der Waals surface area contributed by atoms with E-state index in [-0.39, 0.29) is 17.9 Å². The Morgan fingerprint density at radius 1 is 1.04 bits per heavy atom. The van der Waals surface area contributed by atoms with Gasteiger partial charge in [-0.2, -0.15) is 0 Å². The smallest absolute Gasteiger partial charge is 0.232 e. The second-order valence-corrected chi connectivity index (χ2v) is 6.36. The van der Waals surface area contributed by atoms with Gasteiger partial charge in [-0.05, 0) is 37.1 Å². The summed E-state index contributed by atoms with van der Waals surface area (Å²) in [7, 11) is 0. The van der Waals surface area contributed by atoms with Crippen LogP contribution in [0.4, 0.5) is 0 Å². The van der Waals surface area contributed by atoms with Gasteiger partial charge in [0.1, 0.15) is 11.5 Å². The summed E-state index contributed by atoms with van der Waals surface area (Å²) in [6.45, 7) is 2.00. The Morgan fingerprint density at radius 2 is 1.68 bits per heavy atom. The zero-order chi connectivity index (χ0) is 17.2. The number of rotatable bonds is 4. The van der Waals surface area contributed by atoms with Crippen molar-refractivity contribution in [1.29, 1.82) is 0 Å². The molecule has 0 fully saturated rings. The molecule has 0 saturated carbocycles. The van der Waals surface area contributed by atoms with E-state index >= 15 is 0 Å². The molecule has 126 valence electrons. The number of carbonyl (C=O) groups excluding carboxylic acids is 1. The van der Waals surface area contributed by atoms with E-state index in [9.17, 15) is 4.79 Å². The topological polar surface area (TPSA) is 51.5 Å². The minimum atomic E-state index is -0.368. The molecule has 4 rings (SSSR count). The highest BCUT2D eigenvalue weighted by molar-refractivity contribution is 5.89. The average Bonchev–Trinajstić information content (AvgIpc) is 3.12. The fourth-order valence-corrected chi connectivity index (χ4v) is 3.33. The van der Waals surface area contributed by atoms with Crippen molar-refractivity contribution in [1.82, 2.24) is 5.32 Å². The van der Waals surface area contributed by atoms with E-state index in [0.29, 0.717) is 0 Å². The normalized spacial score (nSPS) is 14.1. The third kappa shape index (κ3) is 3.03. The van der Waals surface area contributed by atoms with E-state index in [1.54, 1.807) is 12.5 Å². The van der Waals surface area contributed by atoms with Gasteiger partial charge in [0.05, 0.1) is 18.4 Å². The van der Waals surface area contributed by atoms with E-state index < -0.39 is 0 Å². The van der Waals surface area contributed by atoms with Gasteiger partial charge in [0.25, 0.3) is 0 Å². The molecule has 2 heterocycles. The second-order valence-electron chi connectivity index (χ2n) is 6.36. The fourth-order valence-electron chi connectivity index (χ4n) is 3.33. The van der Waals surface area contributed by atoms with Crippen LogP contribution < -0.4 is 10.1 Å². The zero-order valence-electron chi connectivity index (χ0n) is 13.9. The number of nitrogens with one attached hydrogen (secondary N) is 1. The monoisotopic (exact) mass is 333 g/mol. The SMILES string of the molecule is C[C@H](Cc1ccoc1)NC(=O)C1c2ccccc2Oc2ccccc21. The fraction of sp³-hybridized carbons (Fsp3) is 0.190. The van der Waals surface area contributed by atoms with Crippen molar-refractivity contribution in [2.24, 2.45) is 0 Å². The van der Waals surface area contributed by atoms with Crippen LogP contribution in [0.25, 0.3) is 0 Å². The molecule has 4 nitrogen and oxygen atoms in total. The van der Waals surface area contributed by atoms with Gasteiger partial charge in [-0.25, -0.2) is 0 Å². The summed E-state index contributed by atoms with van der Waals surface area (Å²) < 4.78 is 11.1. The van der Waals surface area contributed by atoms with Crippen LogP contribution in [0.15, 0.2) is 71.5 Å². The first kappa shape index (κ1) is 15.5. The number of furan rings is 1. The maximum absolute atomic E-state index is 13.1. The van der Waals surface area contributed by atoms with Gasteiger partial charge >= 0.3 is 0 Å². The van der Waals surface area contributed by atoms with Crippen LogP contribution in [-0.4, -0.2) is 11.9 Å². The van der Waals surface area contributed by atoms with Crippen molar-refractivity contribution in [2.45, 2.75) is 25.3 Å². The number of benzene rings is 2. The van der Waals surface area contributed by atoms with Crippen molar-refractivity contribution >= 4 is 5.91 Å². The molecule has 1 N–H and O–H groups in total. The maximum Gasteiger partial charge on any atom is 0.232 e. The molecule has 2 aromatic carbocycles. The van der Waals surface area contributed by atoms with Crippen molar-refractivity contribution in [3.8, 4) is 11.5 Å². The van der Waals surface area contributed by atoms with Crippen molar-refractivity contribution in [3.05, 3.63) is 83.8 Å². The zero-order valence-corrected chi connectivity index (χ0v) is 13.9. The summed E-state index contributed by atoms with van der Waals surface area (Å²) in [4.78, 5) is 13.1. The van der Waals surface area contributed by atoms with Crippen LogP contribution in [0.3, 0.4) is 0 Å². The lowest BCUT2D eigenvalue weighted by molar-refractivity contribution is -0.122. The first-order chi connectivity index (χ1) is 12.2. The Labute approximate surface area is 146 Å². The summed E-state index contributed by atoms with van der Waals surface area (Å²) in [6, 6.07) is 17.4. The summed E-state index contributed by atoms with van der Waals surface area (Å²) in [6.07, 6.45) is 4.09. The first-order valence-electron chi connectivity index (χ1n) is 8.39. The molecule has 3 aromatic rings. The number of ether oxygens (including phenoxy) is 1. The van der Waals surface area contributed by atoms with E-state index in [0.717, 1.165) is 34.6 Å². The molecule has 0 saturated heterocycles. The van der Waals surface area contributed by atoms with Crippen LogP contribution in [0.1, 0.15) is 29.5 Å². The molecule has 4 heteroatoms. The lowest BCUT2D eigenvalue weighted by Gasteiger charge is -2.28. The highest BCUT2D eigenvalue weighted by Gasteiger charge is 2.32. The van der Waals surface area contributed by atoms with Gasteiger partial charge in [-0.1, -0.05) is 36.4 Å². The number of amides is 1. The highest BCUT2D eigenvalue weighted by atomic mass is 16.5. The number of hydrogen-bond acceptors (Lipinski definition) is 3. The molecule has 0 aliphatic carbocycles. The Hall–Kier alpha value is -3.01. The van der Waals surface area contributed by atoms with E-state index in [1.165, 1.54) is 0 Å². The lowest BCUT2D eigenvalue weighted by atomic mass is 9.87. The highest BCUT2D eigenvalue weighted by Crippen LogP contribution is 2.43. The molecular formula is C21H19NO3. The predicted octanol–water partition coefficient (Wildman–Crippen LogP) is 4.26. The van der Waals surface area contributed by atoms with Gasteiger partial charge in [-0.3, -0.25) is 4.79 Å². The molecule has 1 amide bonds. The largest absolute Gasteiger partial charge is 0.472 e. The van der Waals surface area contributed by atoms with Crippen LogP contribution in [0, 0.1) is 0 Å². The summed E-state index contributed by atoms with van der Waals surface area (Å²) in [5, 5.41) is 3.13. The van der Waals surface area contributed by atoms with E-state index in [1.807, 2.05) is 61.5 Å². The van der Waals surface area contributed by atoms with Crippen LogP contribution in [0.2, 0.25) is 0 Å². The van der Waals surface area contributed by atoms with Gasteiger partial charge in [0.15, 0.2) is 0 Å². The maximum atomic E-state index is 13.1. The van der Waals surface area contributed by atoms with Crippen LogP contribution >= 0.6 is 0 Å². The van der Waals surface area contributed by atoms with Crippen LogP contribution in [0.5, 0.6) is 11.5 Å². The number of para-hydroxylation sites is 2. The van der Waals surface area contributed by atoms with E-state index in [4.69, 9.17) is 9.15 Å². The van der Waals surface area contributed by atoms with Crippen molar-refractivity contribution < 1.29 is 13.9 Å².